The first kappa shape index (κ1) is 16.2. The first-order valence-corrected chi connectivity index (χ1v) is 6.23. The predicted molar refractivity (Wildman–Crippen MR) is 81.1 cm³/mol. The highest BCUT2D eigenvalue weighted by molar-refractivity contribution is 6.19. The number of amides is 1. The number of hydrogen-bond donors (Lipinski definition) is 2. The molecule has 0 aromatic heterocycles. The minimum atomic E-state index is -0.573. The fourth-order valence-electron chi connectivity index (χ4n) is 1.99. The molecule has 0 radical (unpaired) electrons. The normalized spacial score (nSPS) is 16.4. The summed E-state index contributed by atoms with van der Waals surface area (Å²) < 4.78 is 5.40. The standard InChI is InChI=1S/C15H18N2O2.ClH/c1-10-12(13(16)19-15(10,2)3)14(18)17-9-11-7-5-4-6-8-11;/h4-8,16H,9H2,1-3H3,(H,17,18);1H. The minimum absolute atomic E-state index is 0. The number of benzene rings is 1. The molecule has 4 nitrogen and oxygen atoms in total. The van der Waals surface area contributed by atoms with Gasteiger partial charge in [0.1, 0.15) is 11.2 Å². The van der Waals surface area contributed by atoms with Crippen LogP contribution >= 0.6 is 12.4 Å². The molecular formula is C15H19ClN2O2. The van der Waals surface area contributed by atoms with Crippen molar-refractivity contribution in [3.63, 3.8) is 0 Å². The molecule has 1 amide bonds. The Kier molecular flexibility index (Phi) is 4.95. The number of halogens is 1. The van der Waals surface area contributed by atoms with Crippen molar-refractivity contribution in [3.8, 4) is 0 Å². The van der Waals surface area contributed by atoms with Crippen molar-refractivity contribution in [1.82, 2.24) is 5.32 Å². The second kappa shape index (κ2) is 6.09. The Labute approximate surface area is 125 Å². The second-order valence-corrected chi connectivity index (χ2v) is 5.11. The Morgan fingerprint density at radius 1 is 1.30 bits per heavy atom. The molecule has 0 bridgehead atoms. The summed E-state index contributed by atoms with van der Waals surface area (Å²) in [6, 6.07) is 9.68. The van der Waals surface area contributed by atoms with Gasteiger partial charge < -0.3 is 10.1 Å². The molecule has 0 spiro atoms. The molecule has 0 unspecified atom stereocenters. The Morgan fingerprint density at radius 3 is 2.40 bits per heavy atom. The molecule has 1 aliphatic heterocycles. The summed E-state index contributed by atoms with van der Waals surface area (Å²) in [7, 11) is 0. The second-order valence-electron chi connectivity index (χ2n) is 5.11. The van der Waals surface area contributed by atoms with Gasteiger partial charge in [-0.25, -0.2) is 0 Å². The van der Waals surface area contributed by atoms with Crippen molar-refractivity contribution < 1.29 is 9.53 Å². The number of rotatable bonds is 3. The summed E-state index contributed by atoms with van der Waals surface area (Å²) in [5, 5.41) is 10.6. The molecule has 2 rings (SSSR count). The van der Waals surface area contributed by atoms with Crippen molar-refractivity contribution in [2.45, 2.75) is 32.9 Å². The molecule has 1 heterocycles. The van der Waals surface area contributed by atoms with Crippen LogP contribution in [0.15, 0.2) is 41.5 Å². The first-order chi connectivity index (χ1) is 8.92. The molecule has 20 heavy (non-hydrogen) atoms. The Bertz CT molecular complexity index is 550. The lowest BCUT2D eigenvalue weighted by molar-refractivity contribution is -0.117. The van der Waals surface area contributed by atoms with E-state index in [1.165, 1.54) is 0 Å². The summed E-state index contributed by atoms with van der Waals surface area (Å²) in [6.07, 6.45) is 0. The zero-order valence-corrected chi connectivity index (χ0v) is 12.6. The maximum absolute atomic E-state index is 12.1. The highest BCUT2D eigenvalue weighted by Crippen LogP contribution is 2.31. The van der Waals surface area contributed by atoms with E-state index in [-0.39, 0.29) is 24.2 Å². The van der Waals surface area contributed by atoms with Gasteiger partial charge in [0.25, 0.3) is 5.91 Å². The zero-order chi connectivity index (χ0) is 14.0. The summed E-state index contributed by atoms with van der Waals surface area (Å²) in [4.78, 5) is 12.1. The van der Waals surface area contributed by atoms with E-state index in [0.717, 1.165) is 11.1 Å². The van der Waals surface area contributed by atoms with Crippen molar-refractivity contribution in [2.24, 2.45) is 0 Å². The number of carbonyl (C=O) groups is 1. The van der Waals surface area contributed by atoms with Crippen LogP contribution in [0.2, 0.25) is 0 Å². The van der Waals surface area contributed by atoms with Crippen molar-refractivity contribution in [1.29, 1.82) is 5.41 Å². The summed E-state index contributed by atoms with van der Waals surface area (Å²) in [6.45, 7) is 5.99. The number of hydrogen-bond acceptors (Lipinski definition) is 3. The van der Waals surface area contributed by atoms with Crippen LogP contribution in [0.1, 0.15) is 26.3 Å². The van der Waals surface area contributed by atoms with Gasteiger partial charge in [-0.3, -0.25) is 10.2 Å². The molecule has 0 atom stereocenters. The van der Waals surface area contributed by atoms with Gasteiger partial charge in [-0.1, -0.05) is 30.3 Å². The van der Waals surface area contributed by atoms with E-state index in [1.54, 1.807) is 0 Å². The molecular weight excluding hydrogens is 276 g/mol. The van der Waals surface area contributed by atoms with E-state index in [1.807, 2.05) is 51.1 Å². The Morgan fingerprint density at radius 2 is 1.90 bits per heavy atom. The molecule has 0 saturated carbocycles. The number of carbonyl (C=O) groups excluding carboxylic acids is 1. The van der Waals surface area contributed by atoms with E-state index >= 15 is 0 Å². The zero-order valence-electron chi connectivity index (χ0n) is 11.8. The summed E-state index contributed by atoms with van der Waals surface area (Å²) in [5.74, 6) is -0.301. The Balaban J connectivity index is 0.00000200. The van der Waals surface area contributed by atoms with Gasteiger partial charge in [0.05, 0.1) is 0 Å². The van der Waals surface area contributed by atoms with E-state index in [2.05, 4.69) is 5.32 Å². The average molecular weight is 295 g/mol. The van der Waals surface area contributed by atoms with Crippen LogP contribution < -0.4 is 5.32 Å². The molecule has 0 aliphatic carbocycles. The van der Waals surface area contributed by atoms with Crippen LogP contribution in [-0.4, -0.2) is 17.4 Å². The lowest BCUT2D eigenvalue weighted by Crippen LogP contribution is -2.27. The maximum Gasteiger partial charge on any atom is 0.257 e. The van der Waals surface area contributed by atoms with Gasteiger partial charge in [-0.15, -0.1) is 12.4 Å². The lowest BCUT2D eigenvalue weighted by atomic mass is 9.97. The van der Waals surface area contributed by atoms with E-state index < -0.39 is 5.60 Å². The van der Waals surface area contributed by atoms with Crippen LogP contribution in [0.4, 0.5) is 0 Å². The van der Waals surface area contributed by atoms with Crippen LogP contribution in [-0.2, 0) is 16.1 Å². The van der Waals surface area contributed by atoms with Gasteiger partial charge in [0.2, 0.25) is 5.90 Å². The maximum atomic E-state index is 12.1. The molecule has 1 aromatic rings. The van der Waals surface area contributed by atoms with Gasteiger partial charge in [-0.2, -0.15) is 0 Å². The first-order valence-electron chi connectivity index (χ1n) is 6.23. The van der Waals surface area contributed by atoms with Gasteiger partial charge in [0.15, 0.2) is 0 Å². The molecule has 1 aliphatic rings. The predicted octanol–water partition coefficient (Wildman–Crippen LogP) is 2.83. The van der Waals surface area contributed by atoms with Gasteiger partial charge in [0, 0.05) is 6.54 Å². The molecule has 2 N–H and O–H groups in total. The molecule has 0 fully saturated rings. The third kappa shape index (κ3) is 3.20. The topological polar surface area (TPSA) is 62.2 Å². The number of ether oxygens (including phenoxy) is 1. The highest BCUT2D eigenvalue weighted by Gasteiger charge is 2.38. The van der Waals surface area contributed by atoms with Gasteiger partial charge in [-0.05, 0) is 31.9 Å². The SMILES string of the molecule is CC1=C(C(=O)NCc2ccccc2)C(=N)OC1(C)C.Cl. The van der Waals surface area contributed by atoms with E-state index in [0.29, 0.717) is 12.1 Å². The summed E-state index contributed by atoms with van der Waals surface area (Å²) >= 11 is 0. The largest absolute Gasteiger partial charge is 0.467 e. The number of nitrogens with one attached hydrogen (secondary N) is 2. The quantitative estimate of drug-likeness (QED) is 0.900. The molecule has 5 heteroatoms. The van der Waals surface area contributed by atoms with Crippen molar-refractivity contribution in [2.75, 3.05) is 0 Å². The van der Waals surface area contributed by atoms with E-state index in [9.17, 15) is 4.79 Å². The van der Waals surface area contributed by atoms with Crippen LogP contribution in [0.25, 0.3) is 0 Å². The third-order valence-electron chi connectivity index (χ3n) is 3.39. The highest BCUT2D eigenvalue weighted by atomic mass is 35.5. The van der Waals surface area contributed by atoms with Crippen LogP contribution in [0, 0.1) is 5.41 Å². The average Bonchev–Trinajstić information content (AvgIpc) is 2.57. The third-order valence-corrected chi connectivity index (χ3v) is 3.39. The Hall–Kier alpha value is -1.81. The monoisotopic (exact) mass is 294 g/mol. The lowest BCUT2D eigenvalue weighted by Gasteiger charge is -2.18. The molecule has 0 saturated heterocycles. The smallest absolute Gasteiger partial charge is 0.257 e. The van der Waals surface area contributed by atoms with Crippen molar-refractivity contribution in [3.05, 3.63) is 47.0 Å². The van der Waals surface area contributed by atoms with Crippen LogP contribution in [0.5, 0.6) is 0 Å². The van der Waals surface area contributed by atoms with Crippen LogP contribution in [0.3, 0.4) is 0 Å². The summed E-state index contributed by atoms with van der Waals surface area (Å²) in [5.41, 5.74) is 1.60. The fraction of sp³-hybridized carbons (Fsp3) is 0.333. The fourth-order valence-corrected chi connectivity index (χ4v) is 1.99. The minimum Gasteiger partial charge on any atom is -0.467 e. The van der Waals surface area contributed by atoms with Crippen molar-refractivity contribution >= 4 is 24.2 Å². The van der Waals surface area contributed by atoms with Gasteiger partial charge >= 0.3 is 0 Å². The molecule has 1 aromatic carbocycles. The van der Waals surface area contributed by atoms with E-state index in [4.69, 9.17) is 10.1 Å². The molecule has 108 valence electrons.